The average Bonchev–Trinajstić information content (AvgIpc) is 2.90. The van der Waals surface area contributed by atoms with E-state index in [9.17, 15) is 17.6 Å². The van der Waals surface area contributed by atoms with Crippen LogP contribution >= 0.6 is 0 Å². The lowest BCUT2D eigenvalue weighted by atomic mass is 9.97. The Kier molecular flexibility index (Phi) is 3.95. The van der Waals surface area contributed by atoms with E-state index < -0.39 is 17.7 Å². The fourth-order valence-corrected chi connectivity index (χ4v) is 2.83. The van der Waals surface area contributed by atoms with Crippen molar-refractivity contribution in [1.82, 2.24) is 19.5 Å². The number of aryl methyl sites for hydroxylation is 1. The summed E-state index contributed by atoms with van der Waals surface area (Å²) in [7, 11) is 1.56. The third-order valence-corrected chi connectivity index (χ3v) is 3.88. The van der Waals surface area contributed by atoms with Gasteiger partial charge in [0.05, 0.1) is 12.4 Å². The first kappa shape index (κ1) is 15.7. The molecule has 9 heteroatoms. The van der Waals surface area contributed by atoms with E-state index in [0.717, 1.165) is 31.4 Å². The fraction of sp³-hybridized carbons (Fsp3) is 0.500. The minimum atomic E-state index is -4.45. The Morgan fingerprint density at radius 1 is 1.22 bits per heavy atom. The molecule has 0 unspecified atom stereocenters. The van der Waals surface area contributed by atoms with Crippen molar-refractivity contribution in [2.24, 2.45) is 7.05 Å². The molecule has 1 atom stereocenters. The zero-order valence-electron chi connectivity index (χ0n) is 12.4. The summed E-state index contributed by atoms with van der Waals surface area (Å²) in [5.74, 6) is 0.0882. The maximum atomic E-state index is 12.9. The predicted molar refractivity (Wildman–Crippen MR) is 74.4 cm³/mol. The molecule has 0 bridgehead atoms. The molecule has 2 aromatic heterocycles. The molecular formula is C14H15F4N5. The standard InChI is InChI=1S/C14H15F4N5/c1-22-8-11(14(16,17)18)21-12(22)9-3-2-4-23(7-9)13-19-5-10(15)6-20-13/h5-6,8-9H,2-4,7H2,1H3/t9-/m1/s1. The molecule has 1 aliphatic heterocycles. The van der Waals surface area contributed by atoms with E-state index in [-0.39, 0.29) is 5.92 Å². The summed E-state index contributed by atoms with van der Waals surface area (Å²) in [6, 6.07) is 0. The van der Waals surface area contributed by atoms with E-state index in [1.54, 1.807) is 7.05 Å². The van der Waals surface area contributed by atoms with Gasteiger partial charge in [0.2, 0.25) is 5.95 Å². The van der Waals surface area contributed by atoms with Crippen LogP contribution in [-0.2, 0) is 13.2 Å². The van der Waals surface area contributed by atoms with Crippen molar-refractivity contribution in [3.63, 3.8) is 0 Å². The zero-order chi connectivity index (χ0) is 16.6. The fourth-order valence-electron chi connectivity index (χ4n) is 2.83. The van der Waals surface area contributed by atoms with Gasteiger partial charge in [0, 0.05) is 32.3 Å². The van der Waals surface area contributed by atoms with Crippen LogP contribution in [0.5, 0.6) is 0 Å². The number of piperidine rings is 1. The molecule has 124 valence electrons. The quantitative estimate of drug-likeness (QED) is 0.795. The molecule has 0 spiro atoms. The van der Waals surface area contributed by atoms with Crippen molar-refractivity contribution in [3.05, 3.63) is 35.9 Å². The van der Waals surface area contributed by atoms with Gasteiger partial charge in [-0.3, -0.25) is 0 Å². The SMILES string of the molecule is Cn1cc(C(F)(F)F)nc1[C@@H]1CCCN(c2ncc(F)cn2)C1. The number of anilines is 1. The number of aromatic nitrogens is 4. The summed E-state index contributed by atoms with van der Waals surface area (Å²) in [6.45, 7) is 1.13. The Morgan fingerprint density at radius 3 is 2.52 bits per heavy atom. The lowest BCUT2D eigenvalue weighted by Crippen LogP contribution is -2.36. The van der Waals surface area contributed by atoms with Gasteiger partial charge in [0.1, 0.15) is 5.82 Å². The van der Waals surface area contributed by atoms with Gasteiger partial charge in [-0.25, -0.2) is 19.3 Å². The highest BCUT2D eigenvalue weighted by Crippen LogP contribution is 2.32. The number of halogens is 4. The average molecular weight is 329 g/mol. The smallest absolute Gasteiger partial charge is 0.340 e. The van der Waals surface area contributed by atoms with Crippen molar-refractivity contribution >= 4 is 5.95 Å². The van der Waals surface area contributed by atoms with Crippen LogP contribution in [0.3, 0.4) is 0 Å². The molecule has 3 rings (SSSR count). The van der Waals surface area contributed by atoms with Gasteiger partial charge < -0.3 is 9.47 Å². The topological polar surface area (TPSA) is 46.8 Å². The molecule has 23 heavy (non-hydrogen) atoms. The van der Waals surface area contributed by atoms with E-state index in [1.807, 2.05) is 4.90 Å². The molecule has 2 aromatic rings. The van der Waals surface area contributed by atoms with Crippen LogP contribution in [0.2, 0.25) is 0 Å². The highest BCUT2D eigenvalue weighted by molar-refractivity contribution is 5.31. The molecule has 0 saturated carbocycles. The number of hydrogen-bond acceptors (Lipinski definition) is 4. The highest BCUT2D eigenvalue weighted by atomic mass is 19.4. The number of rotatable bonds is 2. The molecular weight excluding hydrogens is 314 g/mol. The minimum Gasteiger partial charge on any atom is -0.340 e. The second kappa shape index (κ2) is 5.78. The molecule has 1 saturated heterocycles. The number of alkyl halides is 3. The maximum Gasteiger partial charge on any atom is 0.434 e. The van der Waals surface area contributed by atoms with Crippen LogP contribution in [-0.4, -0.2) is 32.6 Å². The molecule has 1 fully saturated rings. The Bertz CT molecular complexity index is 679. The monoisotopic (exact) mass is 329 g/mol. The van der Waals surface area contributed by atoms with E-state index in [2.05, 4.69) is 15.0 Å². The predicted octanol–water partition coefficient (Wildman–Crippen LogP) is 2.75. The van der Waals surface area contributed by atoms with Crippen LogP contribution in [0.1, 0.15) is 30.3 Å². The number of hydrogen-bond donors (Lipinski definition) is 0. The largest absolute Gasteiger partial charge is 0.434 e. The van der Waals surface area contributed by atoms with Gasteiger partial charge in [-0.2, -0.15) is 13.2 Å². The zero-order valence-corrected chi connectivity index (χ0v) is 12.4. The minimum absolute atomic E-state index is 0.154. The van der Waals surface area contributed by atoms with E-state index in [0.29, 0.717) is 24.9 Å². The Labute approximate surface area is 130 Å². The second-order valence-corrected chi connectivity index (χ2v) is 5.58. The first-order valence-electron chi connectivity index (χ1n) is 7.17. The first-order chi connectivity index (χ1) is 10.8. The van der Waals surface area contributed by atoms with Gasteiger partial charge in [-0.1, -0.05) is 0 Å². The van der Waals surface area contributed by atoms with E-state index in [1.165, 1.54) is 4.57 Å². The molecule has 5 nitrogen and oxygen atoms in total. The Balaban J connectivity index is 1.81. The Hall–Kier alpha value is -2.19. The first-order valence-corrected chi connectivity index (χ1v) is 7.17. The summed E-state index contributed by atoms with van der Waals surface area (Å²) < 4.78 is 52.7. The van der Waals surface area contributed by atoms with Gasteiger partial charge in [-0.15, -0.1) is 0 Å². The number of nitrogens with zero attached hydrogens (tertiary/aromatic N) is 5. The molecule has 3 heterocycles. The lowest BCUT2D eigenvalue weighted by molar-refractivity contribution is -0.141. The van der Waals surface area contributed by atoms with Gasteiger partial charge in [-0.05, 0) is 12.8 Å². The van der Waals surface area contributed by atoms with Crippen LogP contribution in [0, 0.1) is 5.82 Å². The highest BCUT2D eigenvalue weighted by Gasteiger charge is 2.36. The molecule has 1 aliphatic rings. The van der Waals surface area contributed by atoms with Crippen LogP contribution < -0.4 is 4.90 Å². The van der Waals surface area contributed by atoms with Gasteiger partial charge in [0.15, 0.2) is 11.5 Å². The third kappa shape index (κ3) is 3.27. The van der Waals surface area contributed by atoms with Crippen molar-refractivity contribution in [2.75, 3.05) is 18.0 Å². The van der Waals surface area contributed by atoms with Crippen LogP contribution in [0.15, 0.2) is 18.6 Å². The van der Waals surface area contributed by atoms with Crippen molar-refractivity contribution in [1.29, 1.82) is 0 Å². The summed E-state index contributed by atoms with van der Waals surface area (Å²) in [4.78, 5) is 13.5. The van der Waals surface area contributed by atoms with Gasteiger partial charge >= 0.3 is 6.18 Å². The van der Waals surface area contributed by atoms with E-state index >= 15 is 0 Å². The second-order valence-electron chi connectivity index (χ2n) is 5.58. The summed E-state index contributed by atoms with van der Waals surface area (Å²) in [5, 5.41) is 0. The molecule has 0 aliphatic carbocycles. The maximum absolute atomic E-state index is 12.9. The molecule has 0 N–H and O–H groups in total. The Morgan fingerprint density at radius 2 is 1.91 bits per heavy atom. The lowest BCUT2D eigenvalue weighted by Gasteiger charge is -2.32. The summed E-state index contributed by atoms with van der Waals surface area (Å²) in [6.07, 6.45) is 0.218. The van der Waals surface area contributed by atoms with Gasteiger partial charge in [0.25, 0.3) is 0 Å². The molecule has 0 aromatic carbocycles. The van der Waals surface area contributed by atoms with Crippen molar-refractivity contribution < 1.29 is 17.6 Å². The van der Waals surface area contributed by atoms with Crippen molar-refractivity contribution in [3.8, 4) is 0 Å². The van der Waals surface area contributed by atoms with Crippen LogP contribution in [0.4, 0.5) is 23.5 Å². The van der Waals surface area contributed by atoms with Crippen molar-refractivity contribution in [2.45, 2.75) is 24.9 Å². The van der Waals surface area contributed by atoms with Crippen LogP contribution in [0.25, 0.3) is 0 Å². The third-order valence-electron chi connectivity index (χ3n) is 3.88. The normalized spacial score (nSPS) is 19.2. The van der Waals surface area contributed by atoms with E-state index in [4.69, 9.17) is 0 Å². The summed E-state index contributed by atoms with van der Waals surface area (Å²) >= 11 is 0. The molecule has 0 radical (unpaired) electrons. The summed E-state index contributed by atoms with van der Waals surface area (Å²) in [5.41, 5.74) is -0.884. The molecule has 0 amide bonds. The number of imidazole rings is 1.